The maximum Gasteiger partial charge on any atom is 0.126 e. The highest BCUT2D eigenvalue weighted by Crippen LogP contribution is 2.33. The van der Waals surface area contributed by atoms with Gasteiger partial charge in [0.05, 0.1) is 11.7 Å². The van der Waals surface area contributed by atoms with Gasteiger partial charge in [-0.15, -0.1) is 0 Å². The zero-order valence-corrected chi connectivity index (χ0v) is 13.8. The number of aliphatic hydroxyl groups excluding tert-OH is 1. The van der Waals surface area contributed by atoms with Crippen molar-refractivity contribution < 1.29 is 14.6 Å². The van der Waals surface area contributed by atoms with Gasteiger partial charge in [0.1, 0.15) is 5.82 Å². The van der Waals surface area contributed by atoms with Crippen molar-refractivity contribution in [3.05, 3.63) is 35.6 Å². The first kappa shape index (κ1) is 16.9. The summed E-state index contributed by atoms with van der Waals surface area (Å²) in [5.74, 6) is 0.0811. The third-order valence-electron chi connectivity index (χ3n) is 5.49. The Morgan fingerprint density at radius 2 is 1.96 bits per heavy atom. The topological polar surface area (TPSA) is 43.7 Å². The van der Waals surface area contributed by atoms with Crippen LogP contribution in [0.2, 0.25) is 0 Å². The molecule has 2 atom stereocenters. The van der Waals surface area contributed by atoms with Gasteiger partial charge in [-0.05, 0) is 37.4 Å². The number of hydrogen-bond donors (Lipinski definition) is 2. The summed E-state index contributed by atoms with van der Waals surface area (Å²) < 4.78 is 13.9. The number of halogens is 1. The van der Waals surface area contributed by atoms with E-state index >= 15 is 0 Å². The highest BCUT2D eigenvalue weighted by molar-refractivity contribution is 5.23. The van der Waals surface area contributed by atoms with Crippen LogP contribution >= 0.6 is 0 Å². The molecular weight excluding hydrogens is 293 g/mol. The first-order valence-electron chi connectivity index (χ1n) is 8.93. The van der Waals surface area contributed by atoms with E-state index in [0.717, 1.165) is 50.8 Å². The monoisotopic (exact) mass is 321 g/mol. The maximum atomic E-state index is 13.9. The molecule has 1 saturated heterocycles. The fourth-order valence-corrected chi connectivity index (χ4v) is 4.27. The highest BCUT2D eigenvalue weighted by Gasteiger charge is 2.33. The third-order valence-corrected chi connectivity index (χ3v) is 5.49. The van der Waals surface area contributed by atoms with Crippen LogP contribution in [0.25, 0.3) is 0 Å². The Kier molecular flexibility index (Phi) is 5.34. The number of aliphatic hydroxyl groups is 2. The molecule has 1 aliphatic carbocycles. The lowest BCUT2D eigenvalue weighted by atomic mass is 9.81. The summed E-state index contributed by atoms with van der Waals surface area (Å²) in [5.41, 5.74) is 0.109. The molecule has 1 aromatic carbocycles. The Labute approximate surface area is 138 Å². The van der Waals surface area contributed by atoms with Crippen molar-refractivity contribution in [1.82, 2.24) is 4.90 Å². The molecule has 0 spiro atoms. The Balaban J connectivity index is 1.50. The predicted molar refractivity (Wildman–Crippen MR) is 88.9 cm³/mol. The minimum atomic E-state index is -0.678. The SMILES string of the molecule is OC(CN1CCC(c2ccccc2F)C1)CC1(O)CCCCC1. The van der Waals surface area contributed by atoms with Gasteiger partial charge in [0.25, 0.3) is 0 Å². The molecule has 2 unspecified atom stereocenters. The van der Waals surface area contributed by atoms with Crippen molar-refractivity contribution in [1.29, 1.82) is 0 Å². The van der Waals surface area contributed by atoms with Crippen LogP contribution in [0.1, 0.15) is 56.4 Å². The lowest BCUT2D eigenvalue weighted by Gasteiger charge is -2.34. The minimum absolute atomic E-state index is 0.128. The summed E-state index contributed by atoms with van der Waals surface area (Å²) in [6.07, 6.45) is 5.81. The van der Waals surface area contributed by atoms with E-state index < -0.39 is 11.7 Å². The first-order valence-corrected chi connectivity index (χ1v) is 8.93. The van der Waals surface area contributed by atoms with Gasteiger partial charge in [-0.3, -0.25) is 0 Å². The Morgan fingerprint density at radius 3 is 2.70 bits per heavy atom. The summed E-state index contributed by atoms with van der Waals surface area (Å²) in [4.78, 5) is 2.20. The van der Waals surface area contributed by atoms with Crippen LogP contribution in [0.5, 0.6) is 0 Å². The smallest absolute Gasteiger partial charge is 0.126 e. The predicted octanol–water partition coefficient (Wildman–Crippen LogP) is 3.06. The van der Waals surface area contributed by atoms with Crippen LogP contribution in [-0.2, 0) is 0 Å². The number of nitrogens with zero attached hydrogens (tertiary/aromatic N) is 1. The number of hydrogen-bond acceptors (Lipinski definition) is 3. The molecule has 0 bridgehead atoms. The zero-order valence-electron chi connectivity index (χ0n) is 13.8. The van der Waals surface area contributed by atoms with Crippen LogP contribution in [-0.4, -0.2) is 46.5 Å². The van der Waals surface area contributed by atoms with Gasteiger partial charge in [0, 0.05) is 25.4 Å². The molecule has 2 aliphatic rings. The molecule has 3 rings (SSSR count). The van der Waals surface area contributed by atoms with E-state index in [9.17, 15) is 14.6 Å². The average Bonchev–Trinajstić information content (AvgIpc) is 2.96. The van der Waals surface area contributed by atoms with Crippen molar-refractivity contribution in [3.63, 3.8) is 0 Å². The highest BCUT2D eigenvalue weighted by atomic mass is 19.1. The number of benzene rings is 1. The zero-order chi connectivity index (χ0) is 16.3. The van der Waals surface area contributed by atoms with Crippen molar-refractivity contribution in [2.75, 3.05) is 19.6 Å². The van der Waals surface area contributed by atoms with Gasteiger partial charge >= 0.3 is 0 Å². The number of β-amino-alcohol motifs (C(OH)–C–C–N with tert-alkyl or cyclic N) is 1. The van der Waals surface area contributed by atoms with Crippen molar-refractivity contribution in [2.45, 2.75) is 62.6 Å². The molecular formula is C19H28FNO2. The molecule has 23 heavy (non-hydrogen) atoms. The van der Waals surface area contributed by atoms with E-state index in [0.29, 0.717) is 13.0 Å². The van der Waals surface area contributed by atoms with Crippen LogP contribution in [0, 0.1) is 5.82 Å². The van der Waals surface area contributed by atoms with Gasteiger partial charge in [0.2, 0.25) is 0 Å². The van der Waals surface area contributed by atoms with Crippen LogP contribution in [0.15, 0.2) is 24.3 Å². The van der Waals surface area contributed by atoms with Crippen LogP contribution in [0.4, 0.5) is 4.39 Å². The molecule has 1 heterocycles. The fraction of sp³-hybridized carbons (Fsp3) is 0.684. The Hall–Kier alpha value is -0.970. The minimum Gasteiger partial charge on any atom is -0.392 e. The van der Waals surface area contributed by atoms with E-state index in [-0.39, 0.29) is 11.7 Å². The molecule has 1 aliphatic heterocycles. The second-order valence-corrected chi connectivity index (χ2v) is 7.41. The Morgan fingerprint density at radius 1 is 1.22 bits per heavy atom. The van der Waals surface area contributed by atoms with Crippen molar-refractivity contribution >= 4 is 0 Å². The summed E-state index contributed by atoms with van der Waals surface area (Å²) in [6, 6.07) is 6.99. The summed E-state index contributed by atoms with van der Waals surface area (Å²) in [5, 5.41) is 20.9. The third kappa shape index (κ3) is 4.31. The molecule has 3 nitrogen and oxygen atoms in total. The molecule has 2 fully saturated rings. The lowest BCUT2D eigenvalue weighted by molar-refractivity contribution is -0.0428. The largest absolute Gasteiger partial charge is 0.392 e. The normalized spacial score (nSPS) is 26.3. The van der Waals surface area contributed by atoms with Crippen molar-refractivity contribution in [2.24, 2.45) is 0 Å². The van der Waals surface area contributed by atoms with E-state index in [1.807, 2.05) is 12.1 Å². The van der Waals surface area contributed by atoms with Crippen LogP contribution < -0.4 is 0 Å². The van der Waals surface area contributed by atoms with E-state index in [1.165, 1.54) is 12.5 Å². The fourth-order valence-electron chi connectivity index (χ4n) is 4.27. The molecule has 128 valence electrons. The van der Waals surface area contributed by atoms with Gasteiger partial charge in [-0.1, -0.05) is 37.5 Å². The van der Waals surface area contributed by atoms with Crippen molar-refractivity contribution in [3.8, 4) is 0 Å². The number of rotatable bonds is 5. The van der Waals surface area contributed by atoms with E-state index in [2.05, 4.69) is 4.90 Å². The molecule has 1 aromatic rings. The molecule has 1 saturated carbocycles. The van der Waals surface area contributed by atoms with Gasteiger partial charge < -0.3 is 15.1 Å². The van der Waals surface area contributed by atoms with E-state index in [4.69, 9.17) is 0 Å². The summed E-state index contributed by atoms with van der Waals surface area (Å²) >= 11 is 0. The summed E-state index contributed by atoms with van der Waals surface area (Å²) in [6.45, 7) is 2.25. The van der Waals surface area contributed by atoms with Gasteiger partial charge in [-0.25, -0.2) is 4.39 Å². The molecule has 0 radical (unpaired) electrons. The first-order chi connectivity index (χ1) is 11.1. The Bertz CT molecular complexity index is 516. The molecule has 0 aromatic heterocycles. The molecule has 4 heteroatoms. The molecule has 0 amide bonds. The van der Waals surface area contributed by atoms with Gasteiger partial charge in [-0.2, -0.15) is 0 Å². The number of likely N-dealkylation sites (tertiary alicyclic amines) is 1. The summed E-state index contributed by atoms with van der Waals surface area (Å²) in [7, 11) is 0. The van der Waals surface area contributed by atoms with Gasteiger partial charge in [0.15, 0.2) is 0 Å². The van der Waals surface area contributed by atoms with Crippen LogP contribution in [0.3, 0.4) is 0 Å². The average molecular weight is 321 g/mol. The maximum absolute atomic E-state index is 13.9. The second kappa shape index (κ2) is 7.29. The van der Waals surface area contributed by atoms with E-state index in [1.54, 1.807) is 6.07 Å². The second-order valence-electron chi connectivity index (χ2n) is 7.41. The lowest BCUT2D eigenvalue weighted by Crippen LogP contribution is -2.40. The molecule has 2 N–H and O–H groups in total. The quantitative estimate of drug-likeness (QED) is 0.876. The standard InChI is InChI=1S/C19H28FNO2/c20-18-7-3-2-6-17(18)15-8-11-21(13-15)14-16(22)12-19(23)9-4-1-5-10-19/h2-3,6-7,15-16,22-23H,1,4-5,8-14H2.